The molecule has 0 aliphatic heterocycles. The summed E-state index contributed by atoms with van der Waals surface area (Å²) in [4.78, 5) is 14.8. The lowest BCUT2D eigenvalue weighted by atomic mass is 10.7. The Hall–Kier alpha value is -1.28. The Balaban J connectivity index is 3.30. The second kappa shape index (κ2) is 5.85. The summed E-state index contributed by atoms with van der Waals surface area (Å²) in [6.45, 7) is 5.01. The van der Waals surface area contributed by atoms with E-state index < -0.39 is 5.97 Å². The predicted molar refractivity (Wildman–Crippen MR) is 35.6 cm³/mol. The summed E-state index contributed by atoms with van der Waals surface area (Å²) < 4.78 is 4.52. The smallest absolute Gasteiger partial charge is 0.347 e. The van der Waals surface area contributed by atoms with Gasteiger partial charge in [0.15, 0.2) is 0 Å². The molecular weight excluding hydrogens is 134 g/mol. The summed E-state index contributed by atoms with van der Waals surface area (Å²) in [5.74, 6) is 1.67. The van der Waals surface area contributed by atoms with E-state index in [1.807, 2.05) is 0 Å². The van der Waals surface area contributed by atoms with Crippen LogP contribution in [0.15, 0.2) is 11.7 Å². The van der Waals surface area contributed by atoms with E-state index in [0.29, 0.717) is 6.61 Å². The Morgan fingerprint density at radius 1 is 1.80 bits per heavy atom. The van der Waals surface area contributed by atoms with Crippen LogP contribution < -0.4 is 0 Å². The highest BCUT2D eigenvalue weighted by Crippen LogP contribution is 1.79. The minimum Gasteiger partial charge on any atom is -0.463 e. The van der Waals surface area contributed by atoms with Gasteiger partial charge in [-0.15, -0.1) is 0 Å². The summed E-state index contributed by atoms with van der Waals surface area (Å²) in [7, 11) is 0. The molecule has 0 fully saturated rings. The van der Waals surface area contributed by atoms with Crippen LogP contribution in [0, 0.1) is 0 Å². The minimum atomic E-state index is -0.443. The highest BCUT2D eigenvalue weighted by Gasteiger charge is 1.98. The molecule has 10 heavy (non-hydrogen) atoms. The molecule has 0 heterocycles. The number of ether oxygens (including phenoxy) is 1. The molecule has 0 aromatic heterocycles. The maximum Gasteiger partial charge on any atom is 0.347 e. The van der Waals surface area contributed by atoms with Gasteiger partial charge >= 0.3 is 5.97 Å². The molecule has 4 nitrogen and oxygen atoms in total. The monoisotopic (exact) mass is 143 g/mol. The van der Waals surface area contributed by atoms with Crippen molar-refractivity contribution in [1.29, 1.82) is 0 Å². The normalized spacial score (nSPS) is 7.70. The van der Waals surface area contributed by atoms with Gasteiger partial charge in [0.1, 0.15) is 0 Å². The van der Waals surface area contributed by atoms with Crippen LogP contribution in [-0.4, -0.2) is 25.1 Å². The van der Waals surface area contributed by atoms with Gasteiger partial charge in [-0.05, 0) is 18.7 Å². The molecule has 0 saturated carbocycles. The van der Waals surface area contributed by atoms with Gasteiger partial charge in [-0.3, -0.25) is 0 Å². The molecule has 0 aliphatic carbocycles. The number of esters is 1. The first-order valence-corrected chi connectivity index (χ1v) is 2.81. The topological polar surface area (TPSA) is 47.9 Å². The molecular formula is C6H9NO3. The molecule has 0 unspecified atom stereocenters. The lowest BCUT2D eigenvalue weighted by Crippen LogP contribution is -2.09. The molecule has 0 N–H and O–H groups in total. The van der Waals surface area contributed by atoms with E-state index in [2.05, 4.69) is 27.2 Å². The lowest BCUT2D eigenvalue weighted by molar-refractivity contribution is -0.148. The summed E-state index contributed by atoms with van der Waals surface area (Å²) in [6.07, 6.45) is 0. The van der Waals surface area contributed by atoms with Crippen molar-refractivity contribution in [1.82, 2.24) is 0 Å². The lowest BCUT2D eigenvalue weighted by Gasteiger charge is -1.97. The van der Waals surface area contributed by atoms with Crippen molar-refractivity contribution in [2.45, 2.75) is 6.92 Å². The third kappa shape index (κ3) is 4.87. The van der Waals surface area contributed by atoms with Gasteiger partial charge < -0.3 is 9.57 Å². The highest BCUT2D eigenvalue weighted by atomic mass is 16.6. The number of nitrogens with zero attached hydrogens (tertiary/aromatic N) is 1. The summed E-state index contributed by atoms with van der Waals surface area (Å²) in [6, 6.07) is 0. The Morgan fingerprint density at radius 3 is 3.00 bits per heavy atom. The molecule has 0 amide bonds. The molecule has 0 saturated heterocycles. The average Bonchev–Trinajstić information content (AvgIpc) is 1.89. The summed E-state index contributed by atoms with van der Waals surface area (Å²) in [5, 5.41) is 3.13. The van der Waals surface area contributed by atoms with Crippen molar-refractivity contribution < 1.29 is 14.4 Å². The van der Waals surface area contributed by atoms with Crippen LogP contribution >= 0.6 is 0 Å². The van der Waals surface area contributed by atoms with Gasteiger partial charge in [0, 0.05) is 5.87 Å². The van der Waals surface area contributed by atoms with Gasteiger partial charge in [-0.25, -0.2) is 4.79 Å². The first-order valence-electron chi connectivity index (χ1n) is 2.81. The molecule has 0 aliphatic rings. The third-order valence-electron chi connectivity index (χ3n) is 0.617. The molecule has 4 heteroatoms. The van der Waals surface area contributed by atoms with Crippen molar-refractivity contribution in [3.63, 3.8) is 0 Å². The predicted octanol–water partition coefficient (Wildman–Crippen LogP) is 0.337. The van der Waals surface area contributed by atoms with Crippen molar-refractivity contribution in [3.05, 3.63) is 6.58 Å². The van der Waals surface area contributed by atoms with Crippen molar-refractivity contribution in [2.24, 2.45) is 5.16 Å². The van der Waals surface area contributed by atoms with Crippen LogP contribution in [0.3, 0.4) is 0 Å². The molecule has 56 valence electrons. The zero-order chi connectivity index (χ0) is 7.82. The number of rotatable bonds is 4. The van der Waals surface area contributed by atoms with E-state index in [0.717, 1.165) is 0 Å². The van der Waals surface area contributed by atoms with Crippen LogP contribution in [0.1, 0.15) is 6.92 Å². The maximum absolute atomic E-state index is 10.5. The van der Waals surface area contributed by atoms with Gasteiger partial charge in [0.25, 0.3) is 0 Å². The Morgan fingerprint density at radius 2 is 2.50 bits per heavy atom. The van der Waals surface area contributed by atoms with Gasteiger partial charge in [0.2, 0.25) is 6.61 Å². The fraction of sp³-hybridized carbons (Fsp3) is 0.500. The molecule has 0 radical (unpaired) electrons. The summed E-state index contributed by atoms with van der Waals surface area (Å²) in [5.41, 5.74) is 0. The van der Waals surface area contributed by atoms with E-state index >= 15 is 0 Å². The SMILES string of the molecule is C=C=NOCC(=O)OCC. The van der Waals surface area contributed by atoms with Crippen LogP contribution in [-0.2, 0) is 14.4 Å². The van der Waals surface area contributed by atoms with E-state index in [4.69, 9.17) is 0 Å². The molecule has 0 atom stereocenters. The van der Waals surface area contributed by atoms with Gasteiger partial charge in [-0.2, -0.15) is 0 Å². The fourth-order valence-corrected chi connectivity index (χ4v) is 0.333. The average molecular weight is 143 g/mol. The molecule has 0 rings (SSSR count). The largest absolute Gasteiger partial charge is 0.463 e. The zero-order valence-electron chi connectivity index (χ0n) is 5.79. The number of carbonyl (C=O) groups excluding carboxylic acids is 1. The van der Waals surface area contributed by atoms with E-state index in [9.17, 15) is 4.79 Å². The molecule has 0 bridgehead atoms. The van der Waals surface area contributed by atoms with E-state index in [1.165, 1.54) is 0 Å². The van der Waals surface area contributed by atoms with Crippen molar-refractivity contribution >= 4 is 11.8 Å². The molecule has 0 aromatic rings. The van der Waals surface area contributed by atoms with Crippen LogP contribution in [0.5, 0.6) is 0 Å². The number of hydrogen-bond acceptors (Lipinski definition) is 4. The standard InChI is InChI=1S/C6H9NO3/c1-3-7-10-5-6(8)9-4-2/h1,4-5H2,2H3. The first kappa shape index (κ1) is 8.72. The Bertz CT molecular complexity index is 149. The second-order valence-electron chi connectivity index (χ2n) is 1.33. The first-order chi connectivity index (χ1) is 4.81. The highest BCUT2D eigenvalue weighted by molar-refractivity contribution is 5.70. The Kier molecular flexibility index (Phi) is 5.10. The minimum absolute atomic E-state index is 0.184. The van der Waals surface area contributed by atoms with Crippen molar-refractivity contribution in [2.75, 3.05) is 13.2 Å². The Labute approximate surface area is 59.1 Å². The van der Waals surface area contributed by atoms with Crippen molar-refractivity contribution in [3.8, 4) is 0 Å². The van der Waals surface area contributed by atoms with Crippen LogP contribution in [0.2, 0.25) is 0 Å². The van der Waals surface area contributed by atoms with Gasteiger partial charge in [-0.1, -0.05) is 0 Å². The fourth-order valence-electron chi connectivity index (χ4n) is 0.333. The van der Waals surface area contributed by atoms with Crippen LogP contribution in [0.25, 0.3) is 0 Å². The maximum atomic E-state index is 10.5. The second-order valence-corrected chi connectivity index (χ2v) is 1.33. The molecule has 0 spiro atoms. The van der Waals surface area contributed by atoms with Gasteiger partial charge in [0.05, 0.1) is 6.61 Å². The number of carbonyl (C=O) groups is 1. The molecule has 0 aromatic carbocycles. The zero-order valence-corrected chi connectivity index (χ0v) is 5.79. The number of hydrogen-bond donors (Lipinski definition) is 0. The third-order valence-corrected chi connectivity index (χ3v) is 0.617. The quantitative estimate of drug-likeness (QED) is 0.324. The van der Waals surface area contributed by atoms with E-state index in [1.54, 1.807) is 6.92 Å². The summed E-state index contributed by atoms with van der Waals surface area (Å²) >= 11 is 0. The van der Waals surface area contributed by atoms with E-state index in [-0.39, 0.29) is 6.61 Å². The van der Waals surface area contributed by atoms with Crippen LogP contribution in [0.4, 0.5) is 0 Å².